The van der Waals surface area contributed by atoms with E-state index in [0.717, 1.165) is 32.0 Å². The average molecular weight is 589 g/mol. The Morgan fingerprint density at radius 2 is 1.24 bits per heavy atom. The lowest BCUT2D eigenvalue weighted by molar-refractivity contribution is -0.385. The molecule has 12 nitrogen and oxygen atoms in total. The first-order valence-electron chi connectivity index (χ1n) is 13.9. The number of ether oxygens (including phenoxy) is 4. The van der Waals surface area contributed by atoms with Crippen molar-refractivity contribution in [3.63, 3.8) is 0 Å². The second-order valence-corrected chi connectivity index (χ2v) is 8.95. The van der Waals surface area contributed by atoms with Crippen molar-refractivity contribution in [2.45, 2.75) is 65.2 Å². The minimum absolute atomic E-state index is 0.0833. The van der Waals surface area contributed by atoms with Crippen molar-refractivity contribution >= 4 is 35.9 Å². The maximum absolute atomic E-state index is 11.1. The molecule has 42 heavy (non-hydrogen) atoms. The van der Waals surface area contributed by atoms with E-state index in [1.165, 1.54) is 18.2 Å². The SMILES string of the molecule is CCOC(=O)CCCCCOc1cc(C=O)ccc1N.CCOC(=O)CCCCCOc1cc(C=O)ccc1[N+](=O)[O-]. The average Bonchev–Trinajstić information content (AvgIpc) is 2.97. The fourth-order valence-electron chi connectivity index (χ4n) is 3.55. The molecular formula is C30H40N2O10. The molecule has 2 aromatic rings. The van der Waals surface area contributed by atoms with Gasteiger partial charge in [-0.1, -0.05) is 0 Å². The van der Waals surface area contributed by atoms with E-state index in [9.17, 15) is 29.3 Å². The molecule has 0 heterocycles. The monoisotopic (exact) mass is 588 g/mol. The van der Waals surface area contributed by atoms with Crippen LogP contribution in [0.25, 0.3) is 0 Å². The summed E-state index contributed by atoms with van der Waals surface area (Å²) in [6.07, 6.45) is 6.73. The molecule has 230 valence electrons. The second-order valence-electron chi connectivity index (χ2n) is 8.95. The number of nitrogen functional groups attached to an aromatic ring is 1. The van der Waals surface area contributed by atoms with Crippen LogP contribution in [0.1, 0.15) is 85.9 Å². The summed E-state index contributed by atoms with van der Waals surface area (Å²) in [4.78, 5) is 53.9. The van der Waals surface area contributed by atoms with Gasteiger partial charge in [0.1, 0.15) is 18.3 Å². The second kappa shape index (κ2) is 21.3. The molecule has 12 heteroatoms. The number of nitrogens with two attached hydrogens (primary N) is 1. The molecule has 0 unspecified atom stereocenters. The van der Waals surface area contributed by atoms with Crippen LogP contribution in [0.4, 0.5) is 11.4 Å². The van der Waals surface area contributed by atoms with Crippen LogP contribution in [0.15, 0.2) is 36.4 Å². The quantitative estimate of drug-likeness (QED) is 0.0548. The third-order valence-electron chi connectivity index (χ3n) is 5.67. The van der Waals surface area contributed by atoms with Crippen LogP contribution in [-0.4, -0.2) is 55.9 Å². The molecule has 2 N–H and O–H groups in total. The van der Waals surface area contributed by atoms with Gasteiger partial charge < -0.3 is 24.7 Å². The summed E-state index contributed by atoms with van der Waals surface area (Å²) in [5.41, 5.74) is 6.96. The van der Waals surface area contributed by atoms with E-state index in [-0.39, 0.29) is 30.0 Å². The number of carbonyl (C=O) groups excluding carboxylic acids is 4. The van der Waals surface area contributed by atoms with Gasteiger partial charge in [-0.05, 0) is 82.7 Å². The lowest BCUT2D eigenvalue weighted by Gasteiger charge is -2.09. The Bertz CT molecular complexity index is 1150. The Morgan fingerprint density at radius 3 is 1.71 bits per heavy atom. The number of aldehydes is 2. The van der Waals surface area contributed by atoms with Gasteiger partial charge in [-0.3, -0.25) is 29.3 Å². The Kier molecular flexibility index (Phi) is 18.0. The predicted molar refractivity (Wildman–Crippen MR) is 156 cm³/mol. The molecule has 0 bridgehead atoms. The van der Waals surface area contributed by atoms with Gasteiger partial charge in [0.25, 0.3) is 0 Å². The standard InChI is InChI=1S/C15H19NO6.C15H21NO4/c1-2-21-15(18)6-4-3-5-9-22-14-10-12(11-17)7-8-13(14)16(19)20;1-2-19-15(18)6-4-3-5-9-20-14-10-12(11-17)7-8-13(14)16/h7-8,10-11H,2-6,9H2,1H3;7-8,10-11H,2-6,9,16H2,1H3. The molecule has 0 atom stereocenters. The highest BCUT2D eigenvalue weighted by Crippen LogP contribution is 2.28. The van der Waals surface area contributed by atoms with Gasteiger partial charge in [0.2, 0.25) is 0 Å². The fourth-order valence-corrected chi connectivity index (χ4v) is 3.55. The van der Waals surface area contributed by atoms with Gasteiger partial charge >= 0.3 is 17.6 Å². The van der Waals surface area contributed by atoms with Crippen molar-refractivity contribution in [3.8, 4) is 11.5 Å². The topological polar surface area (TPSA) is 174 Å². The summed E-state index contributed by atoms with van der Waals surface area (Å²) in [5, 5.41) is 10.9. The Labute approximate surface area is 245 Å². The maximum atomic E-state index is 11.1. The third kappa shape index (κ3) is 14.8. The highest BCUT2D eigenvalue weighted by molar-refractivity contribution is 5.78. The number of nitro groups is 1. The first-order valence-corrected chi connectivity index (χ1v) is 13.9. The number of anilines is 1. The van der Waals surface area contributed by atoms with Crippen molar-refractivity contribution in [2.75, 3.05) is 32.2 Å². The Morgan fingerprint density at radius 1 is 0.762 bits per heavy atom. The van der Waals surface area contributed by atoms with Crippen molar-refractivity contribution in [1.29, 1.82) is 0 Å². The summed E-state index contributed by atoms with van der Waals surface area (Å²) < 4.78 is 20.6. The predicted octanol–water partition coefficient (Wildman–Crippen LogP) is 5.49. The van der Waals surface area contributed by atoms with Gasteiger partial charge in [0.05, 0.1) is 37.0 Å². The number of nitrogens with zero attached hydrogens (tertiary/aromatic N) is 1. The van der Waals surface area contributed by atoms with E-state index in [2.05, 4.69) is 0 Å². The number of benzene rings is 2. The number of carbonyl (C=O) groups is 4. The van der Waals surface area contributed by atoms with Gasteiger partial charge in [-0.2, -0.15) is 0 Å². The minimum atomic E-state index is -0.551. The molecule has 0 saturated carbocycles. The van der Waals surface area contributed by atoms with Crippen LogP contribution in [0.3, 0.4) is 0 Å². The number of unbranched alkanes of at least 4 members (excludes halogenated alkanes) is 4. The minimum Gasteiger partial charge on any atom is -0.491 e. The van der Waals surface area contributed by atoms with Crippen molar-refractivity contribution in [1.82, 2.24) is 0 Å². The molecule has 0 amide bonds. The summed E-state index contributed by atoms with van der Waals surface area (Å²) in [7, 11) is 0. The molecule has 0 aliphatic heterocycles. The van der Waals surface area contributed by atoms with Gasteiger partial charge in [-0.25, -0.2) is 0 Å². The zero-order chi connectivity index (χ0) is 31.2. The summed E-state index contributed by atoms with van der Waals surface area (Å²) in [6.45, 7) is 5.14. The number of rotatable bonds is 19. The molecule has 2 rings (SSSR count). The first kappa shape index (κ1) is 35.5. The number of hydrogen-bond donors (Lipinski definition) is 1. The van der Waals surface area contributed by atoms with Crippen molar-refractivity contribution in [2.24, 2.45) is 0 Å². The molecule has 0 aliphatic carbocycles. The lowest BCUT2D eigenvalue weighted by atomic mass is 10.2. The van der Waals surface area contributed by atoms with Crippen molar-refractivity contribution in [3.05, 3.63) is 57.6 Å². The summed E-state index contributed by atoms with van der Waals surface area (Å²) in [6, 6.07) is 8.90. The van der Waals surface area contributed by atoms with Crippen LogP contribution >= 0.6 is 0 Å². The van der Waals surface area contributed by atoms with Crippen molar-refractivity contribution < 1.29 is 43.0 Å². The first-order chi connectivity index (χ1) is 20.2. The van der Waals surface area contributed by atoms with E-state index >= 15 is 0 Å². The van der Waals surface area contributed by atoms with E-state index in [0.29, 0.717) is 74.4 Å². The summed E-state index contributed by atoms with van der Waals surface area (Å²) >= 11 is 0. The van der Waals surface area contributed by atoms with Gasteiger partial charge in [-0.15, -0.1) is 0 Å². The van der Waals surface area contributed by atoms with Crippen LogP contribution in [-0.2, 0) is 19.1 Å². The molecule has 0 radical (unpaired) electrons. The molecular weight excluding hydrogens is 548 g/mol. The van der Waals surface area contributed by atoms with Crippen LogP contribution in [0.2, 0.25) is 0 Å². The van der Waals surface area contributed by atoms with E-state index in [4.69, 9.17) is 24.7 Å². The van der Waals surface area contributed by atoms with Gasteiger partial charge in [0, 0.05) is 30.0 Å². The Balaban J connectivity index is 0.000000422. The zero-order valence-corrected chi connectivity index (χ0v) is 24.2. The van der Waals surface area contributed by atoms with E-state index in [1.54, 1.807) is 32.0 Å². The van der Waals surface area contributed by atoms with Crippen LogP contribution in [0, 0.1) is 10.1 Å². The molecule has 0 fully saturated rings. The van der Waals surface area contributed by atoms with E-state index in [1.807, 2.05) is 0 Å². The maximum Gasteiger partial charge on any atom is 0.310 e. The third-order valence-corrected chi connectivity index (χ3v) is 5.67. The van der Waals surface area contributed by atoms with Gasteiger partial charge in [0.15, 0.2) is 5.75 Å². The molecule has 2 aromatic carbocycles. The van der Waals surface area contributed by atoms with E-state index < -0.39 is 4.92 Å². The lowest BCUT2D eigenvalue weighted by Crippen LogP contribution is -2.04. The zero-order valence-electron chi connectivity index (χ0n) is 24.2. The highest BCUT2D eigenvalue weighted by Gasteiger charge is 2.15. The van der Waals surface area contributed by atoms with Crippen LogP contribution < -0.4 is 15.2 Å². The molecule has 0 aliphatic rings. The largest absolute Gasteiger partial charge is 0.491 e. The fraction of sp³-hybridized carbons (Fsp3) is 0.467. The normalized spacial score (nSPS) is 10.0. The number of hydrogen-bond acceptors (Lipinski definition) is 11. The number of esters is 2. The van der Waals surface area contributed by atoms with Crippen LogP contribution in [0.5, 0.6) is 11.5 Å². The smallest absolute Gasteiger partial charge is 0.310 e. The highest BCUT2D eigenvalue weighted by atomic mass is 16.6. The number of nitro benzene ring substituents is 1. The molecule has 0 spiro atoms. The summed E-state index contributed by atoms with van der Waals surface area (Å²) in [5.74, 6) is 0.231. The Hall–Kier alpha value is -4.48. The molecule has 0 saturated heterocycles. The molecule has 0 aromatic heterocycles.